The molecule has 0 fully saturated rings. The molecule has 1 aromatic rings. The summed E-state index contributed by atoms with van der Waals surface area (Å²) in [5, 5.41) is 17.1. The van der Waals surface area contributed by atoms with E-state index in [2.05, 4.69) is 43.4 Å². The average Bonchev–Trinajstić information content (AvgIpc) is 2.66. The highest BCUT2D eigenvalue weighted by Crippen LogP contribution is 2.07. The summed E-state index contributed by atoms with van der Waals surface area (Å²) in [4.78, 5) is 10.3. The lowest BCUT2D eigenvalue weighted by atomic mass is 10.1. The molecule has 0 saturated carbocycles. The molecule has 0 atom stereocenters. The van der Waals surface area contributed by atoms with Gasteiger partial charge in [-0.1, -0.05) is 80.8 Å². The number of rotatable bonds is 13. The van der Waals surface area contributed by atoms with Crippen LogP contribution in [0.25, 0.3) is 0 Å². The number of unbranched alkanes of at least 4 members (excludes halogenated alkanes) is 5. The Bertz CT molecular complexity index is 530. The van der Waals surface area contributed by atoms with E-state index < -0.39 is 5.97 Å². The number of carboxylic acid groups (broad SMARTS) is 1. The lowest BCUT2D eigenvalue weighted by molar-refractivity contribution is -0.137. The standard InChI is InChI=1S/C18H30O2.C6H6O/c1-2-3-4-5-6-7-8-9-10-11-12-13-14-15-16-17-18(19)20;7-6-4-2-1-3-5-6/h3-4,6-7,9-10H,2,5,8,11-17H2,1H3,(H,19,20);1-5,7H/b4-3-,7-6-,10-9-;. The molecule has 3 nitrogen and oxygen atoms in total. The van der Waals surface area contributed by atoms with Crippen LogP contribution in [0.4, 0.5) is 0 Å². The van der Waals surface area contributed by atoms with Gasteiger partial charge in [0.05, 0.1) is 0 Å². The maximum absolute atomic E-state index is 10.3. The second kappa shape index (κ2) is 20.0. The van der Waals surface area contributed by atoms with Gasteiger partial charge < -0.3 is 10.2 Å². The number of carboxylic acids is 1. The maximum atomic E-state index is 10.3. The molecule has 2 N–H and O–H groups in total. The number of aliphatic carboxylic acids is 1. The van der Waals surface area contributed by atoms with Crippen molar-refractivity contribution in [2.75, 3.05) is 0 Å². The van der Waals surface area contributed by atoms with E-state index in [0.29, 0.717) is 12.2 Å². The highest BCUT2D eigenvalue weighted by Gasteiger charge is 1.95. The number of phenolic OH excluding ortho intramolecular Hbond substituents is 1. The van der Waals surface area contributed by atoms with E-state index in [0.717, 1.165) is 44.9 Å². The smallest absolute Gasteiger partial charge is 0.303 e. The number of phenols is 1. The second-order valence-electron chi connectivity index (χ2n) is 6.33. The van der Waals surface area contributed by atoms with Crippen molar-refractivity contribution in [1.82, 2.24) is 0 Å². The van der Waals surface area contributed by atoms with Crippen LogP contribution in [-0.4, -0.2) is 16.2 Å². The minimum absolute atomic E-state index is 0.319. The van der Waals surface area contributed by atoms with Gasteiger partial charge >= 0.3 is 5.97 Å². The van der Waals surface area contributed by atoms with Crippen LogP contribution in [0.1, 0.15) is 71.1 Å². The monoisotopic (exact) mass is 372 g/mol. The molecule has 0 aliphatic carbocycles. The van der Waals surface area contributed by atoms with Crippen molar-refractivity contribution in [3.05, 3.63) is 66.8 Å². The molecule has 3 heteroatoms. The summed E-state index contributed by atoms with van der Waals surface area (Å²) in [7, 11) is 0. The topological polar surface area (TPSA) is 57.5 Å². The molecule has 0 saturated heterocycles. The molecule has 0 bridgehead atoms. The Hall–Kier alpha value is -2.29. The van der Waals surface area contributed by atoms with Gasteiger partial charge in [0.15, 0.2) is 0 Å². The van der Waals surface area contributed by atoms with Crippen molar-refractivity contribution < 1.29 is 15.0 Å². The van der Waals surface area contributed by atoms with E-state index in [1.54, 1.807) is 24.3 Å². The van der Waals surface area contributed by atoms with Crippen LogP contribution in [0.15, 0.2) is 66.8 Å². The Labute approximate surface area is 165 Å². The second-order valence-corrected chi connectivity index (χ2v) is 6.33. The highest BCUT2D eigenvalue weighted by molar-refractivity contribution is 5.66. The summed E-state index contributed by atoms with van der Waals surface area (Å²) in [6.45, 7) is 2.15. The van der Waals surface area contributed by atoms with E-state index in [1.807, 2.05) is 6.07 Å². The van der Waals surface area contributed by atoms with Crippen LogP contribution < -0.4 is 0 Å². The molecule has 150 valence electrons. The Kier molecular flexibility index (Phi) is 18.3. The van der Waals surface area contributed by atoms with Crippen LogP contribution in [0, 0.1) is 0 Å². The number of allylic oxidation sites excluding steroid dienone is 6. The fourth-order valence-corrected chi connectivity index (χ4v) is 2.32. The molecule has 0 aliphatic heterocycles. The van der Waals surface area contributed by atoms with Gasteiger partial charge in [0.2, 0.25) is 0 Å². The summed E-state index contributed by atoms with van der Waals surface area (Å²) in [6, 6.07) is 8.71. The quantitative estimate of drug-likeness (QED) is 0.288. The van der Waals surface area contributed by atoms with E-state index in [9.17, 15) is 4.79 Å². The number of para-hydroxylation sites is 1. The molecule has 0 heterocycles. The SMILES string of the molecule is CC/C=C\C/C=C\C/C=C\CCCCCCCC(=O)O.Oc1ccccc1. The highest BCUT2D eigenvalue weighted by atomic mass is 16.4. The molecule has 0 aliphatic rings. The van der Waals surface area contributed by atoms with Gasteiger partial charge in [-0.05, 0) is 50.7 Å². The summed E-state index contributed by atoms with van der Waals surface area (Å²) in [5.41, 5.74) is 0. The van der Waals surface area contributed by atoms with Crippen LogP contribution in [-0.2, 0) is 4.79 Å². The molecular formula is C24H36O3. The third-order valence-corrected chi connectivity index (χ3v) is 3.80. The van der Waals surface area contributed by atoms with Gasteiger partial charge in [0.25, 0.3) is 0 Å². The zero-order valence-corrected chi connectivity index (χ0v) is 16.7. The fourth-order valence-electron chi connectivity index (χ4n) is 2.32. The summed E-state index contributed by atoms with van der Waals surface area (Å²) in [5.74, 6) is -0.353. The van der Waals surface area contributed by atoms with Crippen molar-refractivity contribution >= 4 is 5.97 Å². The number of hydrogen-bond donors (Lipinski definition) is 2. The van der Waals surface area contributed by atoms with E-state index >= 15 is 0 Å². The van der Waals surface area contributed by atoms with Crippen LogP contribution >= 0.6 is 0 Å². The first-order valence-electron chi connectivity index (χ1n) is 10.1. The van der Waals surface area contributed by atoms with Crippen molar-refractivity contribution in [2.45, 2.75) is 71.1 Å². The van der Waals surface area contributed by atoms with Crippen molar-refractivity contribution in [2.24, 2.45) is 0 Å². The first-order chi connectivity index (χ1) is 13.2. The molecule has 0 radical (unpaired) electrons. The molecule has 27 heavy (non-hydrogen) atoms. The van der Waals surface area contributed by atoms with Crippen LogP contribution in [0.5, 0.6) is 5.75 Å². The largest absolute Gasteiger partial charge is 0.508 e. The van der Waals surface area contributed by atoms with Crippen molar-refractivity contribution in [1.29, 1.82) is 0 Å². The third kappa shape index (κ3) is 21.7. The first-order valence-corrected chi connectivity index (χ1v) is 10.1. The van der Waals surface area contributed by atoms with Crippen LogP contribution in [0.3, 0.4) is 0 Å². The Morgan fingerprint density at radius 3 is 1.93 bits per heavy atom. The minimum Gasteiger partial charge on any atom is -0.508 e. The van der Waals surface area contributed by atoms with Gasteiger partial charge in [-0.15, -0.1) is 0 Å². The zero-order chi connectivity index (χ0) is 20.0. The number of hydrogen-bond acceptors (Lipinski definition) is 2. The number of carbonyl (C=O) groups is 1. The predicted octanol–water partition coefficient (Wildman–Crippen LogP) is 7.05. The first kappa shape index (κ1) is 24.7. The van der Waals surface area contributed by atoms with Gasteiger partial charge in [-0.3, -0.25) is 4.79 Å². The summed E-state index contributed by atoms with van der Waals surface area (Å²) >= 11 is 0. The minimum atomic E-state index is -0.675. The van der Waals surface area contributed by atoms with Gasteiger partial charge in [0.1, 0.15) is 5.75 Å². The lowest BCUT2D eigenvalue weighted by Crippen LogP contribution is -1.93. The number of aromatic hydroxyl groups is 1. The molecule has 0 spiro atoms. The van der Waals surface area contributed by atoms with Crippen molar-refractivity contribution in [3.63, 3.8) is 0 Å². The predicted molar refractivity (Wildman–Crippen MR) is 115 cm³/mol. The van der Waals surface area contributed by atoms with E-state index in [1.165, 1.54) is 12.8 Å². The van der Waals surface area contributed by atoms with E-state index in [-0.39, 0.29) is 0 Å². The maximum Gasteiger partial charge on any atom is 0.303 e. The molecule has 0 aromatic heterocycles. The number of benzene rings is 1. The zero-order valence-electron chi connectivity index (χ0n) is 16.7. The summed E-state index contributed by atoms with van der Waals surface area (Å²) in [6.07, 6.45) is 23.4. The summed E-state index contributed by atoms with van der Waals surface area (Å²) < 4.78 is 0. The van der Waals surface area contributed by atoms with Gasteiger partial charge in [-0.25, -0.2) is 0 Å². The van der Waals surface area contributed by atoms with Gasteiger partial charge in [0, 0.05) is 6.42 Å². The Morgan fingerprint density at radius 1 is 0.815 bits per heavy atom. The normalized spacial score (nSPS) is 11.1. The Morgan fingerprint density at radius 2 is 1.37 bits per heavy atom. The molecule has 1 rings (SSSR count). The molecule has 0 unspecified atom stereocenters. The third-order valence-electron chi connectivity index (χ3n) is 3.80. The fraction of sp³-hybridized carbons (Fsp3) is 0.458. The molecular weight excluding hydrogens is 336 g/mol. The lowest BCUT2D eigenvalue weighted by Gasteiger charge is -1.98. The van der Waals surface area contributed by atoms with Crippen molar-refractivity contribution in [3.8, 4) is 5.75 Å². The average molecular weight is 373 g/mol. The molecule has 0 amide bonds. The molecule has 1 aromatic carbocycles. The Balaban J connectivity index is 0.000000797. The van der Waals surface area contributed by atoms with Gasteiger partial charge in [-0.2, -0.15) is 0 Å². The van der Waals surface area contributed by atoms with Crippen LogP contribution in [0.2, 0.25) is 0 Å². The van der Waals surface area contributed by atoms with E-state index in [4.69, 9.17) is 10.2 Å².